The fourth-order valence-corrected chi connectivity index (χ4v) is 6.88. The van der Waals surface area contributed by atoms with Crippen LogP contribution in [0.1, 0.15) is 29.4 Å². The Balaban J connectivity index is 1.60. The van der Waals surface area contributed by atoms with Crippen LogP contribution in [0, 0.1) is 0 Å². The fourth-order valence-electron chi connectivity index (χ4n) is 3.41. The van der Waals surface area contributed by atoms with Gasteiger partial charge in [0.2, 0.25) is 0 Å². The molecule has 1 aromatic heterocycles. The van der Waals surface area contributed by atoms with E-state index in [9.17, 15) is 8.42 Å². The summed E-state index contributed by atoms with van der Waals surface area (Å²) in [6.07, 6.45) is 2.57. The Morgan fingerprint density at radius 3 is 2.16 bits per heavy atom. The van der Waals surface area contributed by atoms with Gasteiger partial charge in [-0.2, -0.15) is 0 Å². The van der Waals surface area contributed by atoms with Gasteiger partial charge in [-0.3, -0.25) is 0 Å². The van der Waals surface area contributed by atoms with Crippen LogP contribution in [0.25, 0.3) is 21.6 Å². The Bertz CT molecular complexity index is 955. The van der Waals surface area contributed by atoms with Gasteiger partial charge in [-0.1, -0.05) is 61.0 Å². The number of rotatable bonds is 3. The fraction of sp³-hybridized carbons (Fsp3) is 0.238. The quantitative estimate of drug-likeness (QED) is 0.592. The van der Waals surface area contributed by atoms with Crippen LogP contribution in [0.5, 0.6) is 0 Å². The molecule has 0 radical (unpaired) electrons. The SMILES string of the molecule is O=S1(=O)CCCC[C@H]1c1ccc(-c2ccc(-c3ccccc3)cc2)s1. The first-order valence-corrected chi connectivity index (χ1v) is 11.1. The maximum absolute atomic E-state index is 12.3. The van der Waals surface area contributed by atoms with E-state index in [-0.39, 0.29) is 5.25 Å². The molecular weight excluding hydrogens is 348 g/mol. The molecule has 1 aliphatic heterocycles. The van der Waals surface area contributed by atoms with Crippen LogP contribution in [0.3, 0.4) is 0 Å². The van der Waals surface area contributed by atoms with E-state index in [0.29, 0.717) is 5.75 Å². The summed E-state index contributed by atoms with van der Waals surface area (Å²) in [4.78, 5) is 2.12. The molecule has 2 nitrogen and oxygen atoms in total. The predicted octanol–water partition coefficient (Wildman–Crippen LogP) is 5.72. The van der Waals surface area contributed by atoms with Gasteiger partial charge in [0, 0.05) is 9.75 Å². The van der Waals surface area contributed by atoms with Gasteiger partial charge in [0.25, 0.3) is 0 Å². The van der Waals surface area contributed by atoms with E-state index >= 15 is 0 Å². The molecule has 4 heteroatoms. The zero-order chi connectivity index (χ0) is 17.3. The second kappa shape index (κ2) is 6.77. The molecule has 0 spiro atoms. The van der Waals surface area contributed by atoms with Crippen LogP contribution in [0.15, 0.2) is 66.7 Å². The summed E-state index contributed by atoms with van der Waals surface area (Å²) in [5, 5.41) is -0.302. The Morgan fingerprint density at radius 1 is 0.760 bits per heavy atom. The van der Waals surface area contributed by atoms with Crippen LogP contribution in [0.2, 0.25) is 0 Å². The average molecular weight is 369 g/mol. The summed E-state index contributed by atoms with van der Waals surface area (Å²) in [6.45, 7) is 0. The molecule has 1 atom stereocenters. The molecule has 0 N–H and O–H groups in total. The zero-order valence-electron chi connectivity index (χ0n) is 13.9. The van der Waals surface area contributed by atoms with E-state index in [4.69, 9.17) is 0 Å². The van der Waals surface area contributed by atoms with Gasteiger partial charge in [0.15, 0.2) is 9.84 Å². The van der Waals surface area contributed by atoms with E-state index < -0.39 is 9.84 Å². The third-order valence-electron chi connectivity index (χ3n) is 4.80. The second-order valence-electron chi connectivity index (χ2n) is 6.50. The molecule has 1 aliphatic rings. The van der Waals surface area contributed by atoms with Crippen molar-refractivity contribution in [3.05, 3.63) is 71.6 Å². The molecule has 0 aliphatic carbocycles. The first-order valence-electron chi connectivity index (χ1n) is 8.61. The summed E-state index contributed by atoms with van der Waals surface area (Å²) in [6, 6.07) is 22.9. The first-order chi connectivity index (χ1) is 12.1. The van der Waals surface area contributed by atoms with Crippen molar-refractivity contribution < 1.29 is 8.42 Å². The number of hydrogen-bond acceptors (Lipinski definition) is 3. The Morgan fingerprint density at radius 2 is 1.44 bits per heavy atom. The van der Waals surface area contributed by atoms with Crippen LogP contribution < -0.4 is 0 Å². The third kappa shape index (κ3) is 3.42. The molecule has 2 heterocycles. The van der Waals surface area contributed by atoms with Gasteiger partial charge < -0.3 is 0 Å². The molecule has 0 unspecified atom stereocenters. The number of benzene rings is 2. The van der Waals surface area contributed by atoms with Crippen molar-refractivity contribution in [2.24, 2.45) is 0 Å². The van der Waals surface area contributed by atoms with E-state index in [1.807, 2.05) is 24.3 Å². The average Bonchev–Trinajstić information content (AvgIpc) is 3.12. The topological polar surface area (TPSA) is 34.1 Å². The minimum Gasteiger partial charge on any atom is -0.228 e. The van der Waals surface area contributed by atoms with E-state index in [1.165, 1.54) is 11.1 Å². The highest BCUT2D eigenvalue weighted by Crippen LogP contribution is 2.40. The molecule has 2 aromatic carbocycles. The smallest absolute Gasteiger partial charge is 0.158 e. The van der Waals surface area contributed by atoms with Crippen LogP contribution in [0.4, 0.5) is 0 Å². The molecule has 0 bridgehead atoms. The standard InChI is InChI=1S/C21H20O2S2/c22-25(23)15-5-4-8-21(25)20-14-13-19(24-20)18-11-9-17(10-12-18)16-6-2-1-3-7-16/h1-3,6-7,9-14,21H,4-5,8,15H2/t21-/m0/s1. The normalized spacial score (nSPS) is 19.6. The zero-order valence-corrected chi connectivity index (χ0v) is 15.5. The maximum Gasteiger partial charge on any atom is 0.158 e. The van der Waals surface area contributed by atoms with Gasteiger partial charge in [-0.15, -0.1) is 11.3 Å². The number of sulfone groups is 1. The van der Waals surface area contributed by atoms with Gasteiger partial charge in [-0.05, 0) is 41.7 Å². The van der Waals surface area contributed by atoms with E-state index in [1.54, 1.807) is 11.3 Å². The lowest BCUT2D eigenvalue weighted by Crippen LogP contribution is -2.20. The summed E-state index contributed by atoms with van der Waals surface area (Å²) in [5.41, 5.74) is 3.54. The third-order valence-corrected chi connectivity index (χ3v) is 8.41. The van der Waals surface area contributed by atoms with Crippen molar-refractivity contribution >= 4 is 21.2 Å². The lowest BCUT2D eigenvalue weighted by molar-refractivity contribution is 0.548. The predicted molar refractivity (Wildman–Crippen MR) is 106 cm³/mol. The van der Waals surface area contributed by atoms with Crippen molar-refractivity contribution in [3.63, 3.8) is 0 Å². The molecule has 1 saturated heterocycles. The summed E-state index contributed by atoms with van der Waals surface area (Å²) in [5.74, 6) is 0.330. The highest BCUT2D eigenvalue weighted by Gasteiger charge is 2.31. The minimum absolute atomic E-state index is 0.302. The molecule has 3 aromatic rings. The Kier molecular flexibility index (Phi) is 4.48. The van der Waals surface area contributed by atoms with Crippen molar-refractivity contribution in [2.75, 3.05) is 5.75 Å². The molecule has 0 saturated carbocycles. The van der Waals surface area contributed by atoms with Crippen LogP contribution in [-0.2, 0) is 9.84 Å². The number of thiophene rings is 1. The molecule has 0 amide bonds. The molecule has 1 fully saturated rings. The minimum atomic E-state index is -2.98. The van der Waals surface area contributed by atoms with Crippen molar-refractivity contribution in [1.29, 1.82) is 0 Å². The van der Waals surface area contributed by atoms with Gasteiger partial charge in [-0.25, -0.2) is 8.42 Å². The lowest BCUT2D eigenvalue weighted by Gasteiger charge is -2.20. The van der Waals surface area contributed by atoms with Gasteiger partial charge in [0.1, 0.15) is 0 Å². The molecule has 128 valence electrons. The Labute approximate surface area is 153 Å². The van der Waals surface area contributed by atoms with Crippen molar-refractivity contribution in [2.45, 2.75) is 24.5 Å². The number of hydrogen-bond donors (Lipinski definition) is 0. The van der Waals surface area contributed by atoms with Crippen LogP contribution >= 0.6 is 11.3 Å². The van der Waals surface area contributed by atoms with Gasteiger partial charge in [0.05, 0.1) is 11.0 Å². The second-order valence-corrected chi connectivity index (χ2v) is 9.92. The Hall–Kier alpha value is -1.91. The van der Waals surface area contributed by atoms with Gasteiger partial charge >= 0.3 is 0 Å². The largest absolute Gasteiger partial charge is 0.228 e. The summed E-state index contributed by atoms with van der Waals surface area (Å²) < 4.78 is 24.7. The highest BCUT2D eigenvalue weighted by molar-refractivity contribution is 7.91. The van der Waals surface area contributed by atoms with Crippen LogP contribution in [-0.4, -0.2) is 14.2 Å². The maximum atomic E-state index is 12.3. The molecular formula is C21H20O2S2. The molecule has 25 heavy (non-hydrogen) atoms. The van der Waals surface area contributed by atoms with Crippen molar-refractivity contribution in [3.8, 4) is 21.6 Å². The van der Waals surface area contributed by atoms with E-state index in [0.717, 1.165) is 34.6 Å². The first kappa shape index (κ1) is 16.6. The van der Waals surface area contributed by atoms with E-state index in [2.05, 4.69) is 42.5 Å². The highest BCUT2D eigenvalue weighted by atomic mass is 32.2. The molecule has 4 rings (SSSR count). The monoisotopic (exact) mass is 368 g/mol. The summed E-state index contributed by atoms with van der Waals surface area (Å²) in [7, 11) is -2.98. The lowest BCUT2D eigenvalue weighted by atomic mass is 10.0. The summed E-state index contributed by atoms with van der Waals surface area (Å²) >= 11 is 1.62. The van der Waals surface area contributed by atoms with Crippen molar-refractivity contribution in [1.82, 2.24) is 0 Å².